The van der Waals surface area contributed by atoms with Crippen molar-refractivity contribution in [3.63, 3.8) is 0 Å². The van der Waals surface area contributed by atoms with Crippen LogP contribution in [0.2, 0.25) is 0 Å². The van der Waals surface area contributed by atoms with Crippen LogP contribution in [0.5, 0.6) is 0 Å². The second-order valence-corrected chi connectivity index (χ2v) is 2.06. The van der Waals surface area contributed by atoms with Crippen LogP contribution in [0.15, 0.2) is 0 Å². The first-order chi connectivity index (χ1) is 3.56. The van der Waals surface area contributed by atoms with E-state index in [1.54, 1.807) is 0 Å². The van der Waals surface area contributed by atoms with Crippen molar-refractivity contribution in [1.29, 1.82) is 0 Å². The molecule has 0 aromatic carbocycles. The summed E-state index contributed by atoms with van der Waals surface area (Å²) in [7, 11) is -4.91. The summed E-state index contributed by atoms with van der Waals surface area (Å²) in [5.74, 6) is 0. The molecule has 0 bridgehead atoms. The number of rotatable bonds is 3. The minimum absolute atomic E-state index is 0. The topological polar surface area (TPSA) is 89.5 Å². The summed E-state index contributed by atoms with van der Waals surface area (Å²) in [5.41, 5.74) is 0. The number of carbonyl (C=O) groups excluding carboxylic acids is 1. The monoisotopic (exact) mass is 184 g/mol. The van der Waals surface area contributed by atoms with Gasteiger partial charge in [0.25, 0.3) is 0 Å². The summed E-state index contributed by atoms with van der Waals surface area (Å²) in [6.07, 6.45) is 0.183. The van der Waals surface area contributed by atoms with Crippen molar-refractivity contribution in [2.24, 2.45) is 0 Å². The molecule has 0 radical (unpaired) electrons. The molecule has 5 nitrogen and oxygen atoms in total. The molecule has 0 saturated carbocycles. The molecule has 0 atom stereocenters. The molecule has 48 valence electrons. The Morgan fingerprint density at radius 2 is 1.80 bits per heavy atom. The fourth-order valence-electron chi connectivity index (χ4n) is 0.122. The zero-order valence-electron chi connectivity index (χ0n) is 5.77. The largest absolute Gasteiger partial charge is 1.00 e. The molecule has 0 heterocycles. The van der Waals surface area contributed by atoms with E-state index in [2.05, 4.69) is 4.52 Å². The maximum Gasteiger partial charge on any atom is 1.00 e. The van der Waals surface area contributed by atoms with Crippen LogP contribution in [-0.2, 0) is 13.9 Å². The fraction of sp³-hybridized carbons (Fsp3) is 0.500. The van der Waals surface area contributed by atoms with Gasteiger partial charge in [-0.2, -0.15) is 0 Å². The minimum Gasteiger partial charge on any atom is -0.790 e. The van der Waals surface area contributed by atoms with Crippen molar-refractivity contribution >= 4 is 14.1 Å². The van der Waals surface area contributed by atoms with Gasteiger partial charge in [0.2, 0.25) is 0 Å². The van der Waals surface area contributed by atoms with Crippen molar-refractivity contribution in [3.8, 4) is 0 Å². The summed E-state index contributed by atoms with van der Waals surface area (Å²) in [6, 6.07) is 0. The van der Waals surface area contributed by atoms with Crippen molar-refractivity contribution in [2.75, 3.05) is 6.61 Å². The van der Waals surface area contributed by atoms with E-state index < -0.39 is 14.4 Å². The molecule has 10 heavy (non-hydrogen) atoms. The second kappa shape index (κ2) is 8.87. The number of phosphoric ester groups is 1. The Labute approximate surface area is 102 Å². The first kappa shape index (κ1) is 17.8. The fourth-order valence-corrected chi connectivity index (χ4v) is 0.365. The molecule has 0 amide bonds. The third-order valence-corrected chi connectivity index (χ3v) is 0.766. The Morgan fingerprint density at radius 3 is 1.90 bits per heavy atom. The van der Waals surface area contributed by atoms with E-state index in [9.17, 15) is 19.1 Å². The summed E-state index contributed by atoms with van der Waals surface area (Å²) < 4.78 is 12.9. The van der Waals surface area contributed by atoms with E-state index >= 15 is 0 Å². The third-order valence-electron chi connectivity index (χ3n) is 0.301. The summed E-state index contributed by atoms with van der Waals surface area (Å²) in [4.78, 5) is 28.3. The molecule has 0 fully saturated rings. The first-order valence-electron chi connectivity index (χ1n) is 1.66. The van der Waals surface area contributed by atoms with E-state index in [-0.39, 0.29) is 65.4 Å². The van der Waals surface area contributed by atoms with Crippen molar-refractivity contribution in [2.45, 2.75) is 0 Å². The first-order valence-corrected chi connectivity index (χ1v) is 3.12. The Hall–Kier alpha value is 1.78. The zero-order chi connectivity index (χ0) is 6.62. The molecule has 0 aromatic rings. The summed E-state index contributed by atoms with van der Waals surface area (Å²) >= 11 is 0. The maximum atomic E-state index is 9.48. The van der Waals surface area contributed by atoms with Gasteiger partial charge in [0.1, 0.15) is 12.9 Å². The van der Waals surface area contributed by atoms with E-state index in [4.69, 9.17) is 0 Å². The number of hydrogen-bond acceptors (Lipinski definition) is 5. The standard InChI is InChI=1S/C2H5O5P.2Na/c3-1-2-7-8(4,5)6;;/h1H,2H2,(H2,4,5,6);;/q;2*+1/p-2. The van der Waals surface area contributed by atoms with Gasteiger partial charge in [0.05, 0.1) is 7.82 Å². The smallest absolute Gasteiger partial charge is 0.790 e. The van der Waals surface area contributed by atoms with Crippen LogP contribution in [0.4, 0.5) is 0 Å². The Bertz CT molecular complexity index is 121. The van der Waals surface area contributed by atoms with Gasteiger partial charge in [0.15, 0.2) is 0 Å². The van der Waals surface area contributed by atoms with Crippen LogP contribution in [0.1, 0.15) is 0 Å². The summed E-state index contributed by atoms with van der Waals surface area (Å²) in [5, 5.41) is 0. The predicted octanol–water partition coefficient (Wildman–Crippen LogP) is -7.96. The normalized spacial score (nSPS) is 9.00. The van der Waals surface area contributed by atoms with Gasteiger partial charge in [-0.3, -0.25) is 0 Å². The van der Waals surface area contributed by atoms with E-state index in [1.807, 2.05) is 0 Å². The molecule has 8 heteroatoms. The molecule has 0 rings (SSSR count). The average molecular weight is 184 g/mol. The second-order valence-electron chi connectivity index (χ2n) is 0.910. The molecular formula is C2H3Na2O5P. The molecule has 0 saturated heterocycles. The van der Waals surface area contributed by atoms with Crippen LogP contribution in [0.3, 0.4) is 0 Å². The van der Waals surface area contributed by atoms with E-state index in [0.717, 1.165) is 0 Å². The molecule has 0 aromatic heterocycles. The van der Waals surface area contributed by atoms with Crippen molar-refractivity contribution in [3.05, 3.63) is 0 Å². The van der Waals surface area contributed by atoms with Gasteiger partial charge < -0.3 is 23.7 Å². The number of carbonyl (C=O) groups is 1. The number of aldehydes is 1. The van der Waals surface area contributed by atoms with Crippen LogP contribution >= 0.6 is 7.82 Å². The van der Waals surface area contributed by atoms with Crippen molar-refractivity contribution < 1.29 is 82.8 Å². The van der Waals surface area contributed by atoms with E-state index in [1.165, 1.54) is 0 Å². The van der Waals surface area contributed by atoms with Gasteiger partial charge in [-0.1, -0.05) is 0 Å². The van der Waals surface area contributed by atoms with Crippen LogP contribution in [-0.4, -0.2) is 12.9 Å². The SMILES string of the molecule is O=CCOP(=O)([O-])[O-].[Na+].[Na+]. The number of hydrogen-bond donors (Lipinski definition) is 0. The van der Waals surface area contributed by atoms with Crippen molar-refractivity contribution in [1.82, 2.24) is 0 Å². The Balaban J connectivity index is -0.000000245. The van der Waals surface area contributed by atoms with Gasteiger partial charge >= 0.3 is 59.1 Å². The quantitative estimate of drug-likeness (QED) is 0.247. The molecule has 0 N–H and O–H groups in total. The predicted molar refractivity (Wildman–Crippen MR) is 19.6 cm³/mol. The van der Waals surface area contributed by atoms with Crippen LogP contribution in [0, 0.1) is 0 Å². The molecular weight excluding hydrogens is 181 g/mol. The molecule has 0 spiro atoms. The van der Waals surface area contributed by atoms with Crippen LogP contribution in [0.25, 0.3) is 0 Å². The Kier molecular flexibility index (Phi) is 15.8. The third kappa shape index (κ3) is 16.4. The van der Waals surface area contributed by atoms with Gasteiger partial charge in [-0.25, -0.2) is 0 Å². The van der Waals surface area contributed by atoms with E-state index in [0.29, 0.717) is 0 Å². The average Bonchev–Trinajstić information content (AvgIpc) is 1.59. The number of phosphoric acid groups is 1. The summed E-state index contributed by atoms with van der Waals surface area (Å²) in [6.45, 7) is -0.690. The molecule has 0 unspecified atom stereocenters. The molecule has 0 aliphatic rings. The zero-order valence-corrected chi connectivity index (χ0v) is 10.7. The maximum absolute atomic E-state index is 9.48. The molecule has 0 aliphatic heterocycles. The van der Waals surface area contributed by atoms with Gasteiger partial charge in [0, 0.05) is 0 Å². The Morgan fingerprint density at radius 1 is 1.40 bits per heavy atom. The van der Waals surface area contributed by atoms with Gasteiger partial charge in [-0.15, -0.1) is 0 Å². The molecule has 0 aliphatic carbocycles. The van der Waals surface area contributed by atoms with Gasteiger partial charge in [-0.05, 0) is 0 Å². The minimum atomic E-state index is -4.91. The van der Waals surface area contributed by atoms with Crippen LogP contribution < -0.4 is 68.9 Å².